The lowest BCUT2D eigenvalue weighted by Gasteiger charge is -2.39. The van der Waals surface area contributed by atoms with Gasteiger partial charge in [0.2, 0.25) is 0 Å². The number of fused-ring (bicyclic) bond motifs is 1. The van der Waals surface area contributed by atoms with E-state index < -0.39 is 0 Å². The van der Waals surface area contributed by atoms with Crippen LogP contribution in [0.2, 0.25) is 0 Å². The van der Waals surface area contributed by atoms with E-state index >= 15 is 0 Å². The molecule has 1 saturated heterocycles. The zero-order chi connectivity index (χ0) is 19.8. The second-order valence-corrected chi connectivity index (χ2v) is 9.87. The first-order valence-electron chi connectivity index (χ1n) is 10.2. The number of benzene rings is 1. The van der Waals surface area contributed by atoms with Gasteiger partial charge in [0.25, 0.3) is 5.91 Å². The summed E-state index contributed by atoms with van der Waals surface area (Å²) in [6.07, 6.45) is 5.69. The van der Waals surface area contributed by atoms with Crippen molar-refractivity contribution in [2.75, 3.05) is 16.8 Å². The molecule has 1 aromatic heterocycles. The van der Waals surface area contributed by atoms with Gasteiger partial charge in [-0.25, -0.2) is 4.68 Å². The molecule has 5 nitrogen and oxygen atoms in total. The third-order valence-electron chi connectivity index (χ3n) is 6.31. The van der Waals surface area contributed by atoms with Crippen molar-refractivity contribution < 1.29 is 4.79 Å². The van der Waals surface area contributed by atoms with E-state index in [-0.39, 0.29) is 23.0 Å². The fourth-order valence-electron chi connectivity index (χ4n) is 4.44. The van der Waals surface area contributed by atoms with Crippen LogP contribution >= 0.6 is 11.8 Å². The predicted molar refractivity (Wildman–Crippen MR) is 116 cm³/mol. The van der Waals surface area contributed by atoms with Crippen LogP contribution in [0.5, 0.6) is 0 Å². The van der Waals surface area contributed by atoms with Crippen LogP contribution in [0.1, 0.15) is 68.4 Å². The number of carbonyl (C=O) groups excluding carboxylic acids is 1. The standard InChI is InChI=1S/C22H30N4OS/c1-4-22(10-12-28-13-11-22)25-20(27)17-15-23-26-19(17)24-18(14-21(26,2)3)16-8-6-5-7-9-16/h5-9,15,18,24H,4,10-14H2,1-3H3,(H,25,27). The Labute approximate surface area is 171 Å². The molecule has 2 aliphatic rings. The molecule has 1 fully saturated rings. The summed E-state index contributed by atoms with van der Waals surface area (Å²) in [5, 5.41) is 11.6. The van der Waals surface area contributed by atoms with Crippen molar-refractivity contribution in [3.63, 3.8) is 0 Å². The predicted octanol–water partition coefficient (Wildman–Crippen LogP) is 4.58. The maximum absolute atomic E-state index is 13.3. The first-order chi connectivity index (χ1) is 13.4. The lowest BCUT2D eigenvalue weighted by Crippen LogP contribution is -2.50. The highest BCUT2D eigenvalue weighted by molar-refractivity contribution is 7.99. The van der Waals surface area contributed by atoms with Gasteiger partial charge in [0.05, 0.1) is 17.8 Å². The van der Waals surface area contributed by atoms with Crippen molar-refractivity contribution >= 4 is 23.5 Å². The number of anilines is 1. The summed E-state index contributed by atoms with van der Waals surface area (Å²) in [7, 11) is 0. The number of nitrogens with one attached hydrogen (secondary N) is 2. The Bertz CT molecular complexity index is 839. The highest BCUT2D eigenvalue weighted by Gasteiger charge is 2.38. The zero-order valence-corrected chi connectivity index (χ0v) is 17.8. The largest absolute Gasteiger partial charge is 0.363 e. The van der Waals surface area contributed by atoms with Crippen molar-refractivity contribution in [3.05, 3.63) is 47.7 Å². The number of hydrogen-bond donors (Lipinski definition) is 2. The third kappa shape index (κ3) is 3.54. The summed E-state index contributed by atoms with van der Waals surface area (Å²) in [4.78, 5) is 13.3. The van der Waals surface area contributed by atoms with Gasteiger partial charge in [0, 0.05) is 5.54 Å². The summed E-state index contributed by atoms with van der Waals surface area (Å²) >= 11 is 1.98. The molecule has 2 aliphatic heterocycles. The van der Waals surface area contributed by atoms with Crippen LogP contribution < -0.4 is 10.6 Å². The average Bonchev–Trinajstić information content (AvgIpc) is 3.14. The maximum atomic E-state index is 13.3. The molecule has 1 atom stereocenters. The average molecular weight is 399 g/mol. The number of amides is 1. The van der Waals surface area contributed by atoms with Crippen LogP contribution in [0.25, 0.3) is 0 Å². The van der Waals surface area contributed by atoms with E-state index in [9.17, 15) is 4.79 Å². The van der Waals surface area contributed by atoms with Crippen molar-refractivity contribution in [1.29, 1.82) is 0 Å². The van der Waals surface area contributed by atoms with Crippen LogP contribution in [0.15, 0.2) is 36.5 Å². The summed E-state index contributed by atoms with van der Waals surface area (Å²) < 4.78 is 1.98. The SMILES string of the molecule is CCC1(NC(=O)c2cnn3c2NC(c2ccccc2)CC3(C)C)CCSCC1. The highest BCUT2D eigenvalue weighted by atomic mass is 32.2. The van der Waals surface area contributed by atoms with Gasteiger partial charge < -0.3 is 10.6 Å². The van der Waals surface area contributed by atoms with E-state index in [0.717, 1.165) is 43.0 Å². The van der Waals surface area contributed by atoms with E-state index in [4.69, 9.17) is 0 Å². The van der Waals surface area contributed by atoms with Crippen LogP contribution in [0, 0.1) is 0 Å². The minimum absolute atomic E-state index is 0.00740. The molecule has 2 N–H and O–H groups in total. The Kier molecular flexibility index (Phi) is 5.17. The molecule has 0 bridgehead atoms. The quantitative estimate of drug-likeness (QED) is 0.791. The van der Waals surface area contributed by atoms with Gasteiger partial charge in [-0.3, -0.25) is 4.79 Å². The Morgan fingerprint density at radius 2 is 2.00 bits per heavy atom. The molecule has 2 aromatic rings. The second-order valence-electron chi connectivity index (χ2n) is 8.64. The first-order valence-corrected chi connectivity index (χ1v) is 11.4. The lowest BCUT2D eigenvalue weighted by atomic mass is 9.88. The monoisotopic (exact) mass is 398 g/mol. The molecular weight excluding hydrogens is 368 g/mol. The summed E-state index contributed by atoms with van der Waals surface area (Å²) in [5.41, 5.74) is 1.65. The Morgan fingerprint density at radius 1 is 1.29 bits per heavy atom. The molecule has 0 saturated carbocycles. The van der Waals surface area contributed by atoms with E-state index in [1.54, 1.807) is 6.20 Å². The smallest absolute Gasteiger partial charge is 0.257 e. The van der Waals surface area contributed by atoms with Crippen molar-refractivity contribution in [3.8, 4) is 0 Å². The minimum atomic E-state index is -0.163. The van der Waals surface area contributed by atoms with Crippen LogP contribution in [0.4, 0.5) is 5.82 Å². The zero-order valence-electron chi connectivity index (χ0n) is 17.0. The van der Waals surface area contributed by atoms with Crippen molar-refractivity contribution in [1.82, 2.24) is 15.1 Å². The molecule has 28 heavy (non-hydrogen) atoms. The molecule has 0 spiro atoms. The van der Waals surface area contributed by atoms with Gasteiger partial charge in [0.1, 0.15) is 11.4 Å². The number of carbonyl (C=O) groups is 1. The van der Waals surface area contributed by atoms with Gasteiger partial charge in [-0.2, -0.15) is 16.9 Å². The number of nitrogens with zero attached hydrogens (tertiary/aromatic N) is 2. The number of rotatable bonds is 4. The molecule has 3 heterocycles. The Morgan fingerprint density at radius 3 is 2.68 bits per heavy atom. The topological polar surface area (TPSA) is 59.0 Å². The fourth-order valence-corrected chi connectivity index (χ4v) is 5.71. The number of hydrogen-bond acceptors (Lipinski definition) is 4. The van der Waals surface area contributed by atoms with Gasteiger partial charge in [-0.05, 0) is 56.6 Å². The normalized spacial score (nSPS) is 22.8. The third-order valence-corrected chi connectivity index (χ3v) is 7.29. The Balaban J connectivity index is 1.63. The molecule has 0 aliphatic carbocycles. The van der Waals surface area contributed by atoms with Crippen LogP contribution in [-0.2, 0) is 5.54 Å². The molecule has 150 valence electrons. The number of thioether (sulfide) groups is 1. The molecule has 6 heteroatoms. The van der Waals surface area contributed by atoms with E-state index in [1.165, 1.54) is 5.56 Å². The molecule has 1 amide bonds. The van der Waals surface area contributed by atoms with Gasteiger partial charge in [-0.1, -0.05) is 37.3 Å². The van der Waals surface area contributed by atoms with E-state index in [1.807, 2.05) is 22.5 Å². The first kappa shape index (κ1) is 19.4. The van der Waals surface area contributed by atoms with Crippen molar-refractivity contribution in [2.45, 2.75) is 63.6 Å². The van der Waals surface area contributed by atoms with Gasteiger partial charge in [-0.15, -0.1) is 0 Å². The van der Waals surface area contributed by atoms with Gasteiger partial charge >= 0.3 is 0 Å². The number of aromatic nitrogens is 2. The van der Waals surface area contributed by atoms with E-state index in [2.05, 4.69) is 60.8 Å². The molecule has 1 aromatic carbocycles. The van der Waals surface area contributed by atoms with Crippen molar-refractivity contribution in [2.24, 2.45) is 0 Å². The van der Waals surface area contributed by atoms with Crippen LogP contribution in [0.3, 0.4) is 0 Å². The molecular formula is C22H30N4OS. The minimum Gasteiger partial charge on any atom is -0.363 e. The molecule has 1 unspecified atom stereocenters. The fraction of sp³-hybridized carbons (Fsp3) is 0.545. The molecule has 0 radical (unpaired) electrons. The highest BCUT2D eigenvalue weighted by Crippen LogP contribution is 2.40. The van der Waals surface area contributed by atoms with Crippen LogP contribution in [-0.4, -0.2) is 32.7 Å². The lowest BCUT2D eigenvalue weighted by molar-refractivity contribution is 0.0888. The summed E-state index contributed by atoms with van der Waals surface area (Å²) in [5.74, 6) is 3.05. The van der Waals surface area contributed by atoms with Gasteiger partial charge in [0.15, 0.2) is 0 Å². The molecule has 4 rings (SSSR count). The summed E-state index contributed by atoms with van der Waals surface area (Å²) in [6.45, 7) is 6.55. The Hall–Kier alpha value is -1.95. The second kappa shape index (κ2) is 7.47. The van der Waals surface area contributed by atoms with E-state index in [0.29, 0.717) is 5.56 Å². The maximum Gasteiger partial charge on any atom is 0.257 e. The summed E-state index contributed by atoms with van der Waals surface area (Å²) in [6, 6.07) is 10.6.